The van der Waals surface area contributed by atoms with Crippen molar-refractivity contribution in [2.24, 2.45) is 0 Å². The second-order valence-corrected chi connectivity index (χ2v) is 3.20. The van der Waals surface area contributed by atoms with Crippen LogP contribution in [0.25, 0.3) is 0 Å². The monoisotopic (exact) mass is 208 g/mol. The van der Waals surface area contributed by atoms with Crippen molar-refractivity contribution in [2.45, 2.75) is 6.54 Å². The minimum Gasteiger partial charge on any atom is -0.365 e. The van der Waals surface area contributed by atoms with E-state index >= 15 is 0 Å². The lowest BCUT2D eigenvalue weighted by Gasteiger charge is -2.04. The van der Waals surface area contributed by atoms with E-state index in [0.717, 1.165) is 5.56 Å². The molecule has 0 atom stereocenters. The Balaban J connectivity index is 2.02. The number of aromatic nitrogens is 3. The molecule has 0 saturated carbocycles. The molecule has 4 nitrogen and oxygen atoms in total. The minimum absolute atomic E-state index is 0.621. The number of pyridine rings is 1. The molecule has 2 heterocycles. The van der Waals surface area contributed by atoms with Crippen LogP contribution in [-0.2, 0) is 6.54 Å². The Bertz CT molecular complexity index is 399. The lowest BCUT2D eigenvalue weighted by Crippen LogP contribution is -2.00. The van der Waals surface area contributed by atoms with E-state index in [2.05, 4.69) is 20.5 Å². The van der Waals surface area contributed by atoms with Gasteiger partial charge in [0, 0.05) is 24.5 Å². The Hall–Kier alpha value is -1.55. The van der Waals surface area contributed by atoms with Crippen LogP contribution in [0.5, 0.6) is 0 Å². The average Bonchev–Trinajstić information content (AvgIpc) is 2.69. The van der Waals surface area contributed by atoms with E-state index < -0.39 is 0 Å². The van der Waals surface area contributed by atoms with Gasteiger partial charge in [0.2, 0.25) is 0 Å². The Labute approximate surface area is 86.3 Å². The summed E-state index contributed by atoms with van der Waals surface area (Å²) in [7, 11) is 0. The number of halogens is 1. The van der Waals surface area contributed by atoms with Crippen LogP contribution in [0.4, 0.5) is 5.82 Å². The second kappa shape index (κ2) is 4.11. The lowest BCUT2D eigenvalue weighted by molar-refractivity contribution is 1.09. The van der Waals surface area contributed by atoms with E-state index in [1.165, 1.54) is 0 Å². The zero-order valence-corrected chi connectivity index (χ0v) is 8.12. The van der Waals surface area contributed by atoms with Gasteiger partial charge in [-0.15, -0.1) is 0 Å². The zero-order valence-electron chi connectivity index (χ0n) is 7.37. The fourth-order valence-electron chi connectivity index (χ4n) is 1.08. The highest BCUT2D eigenvalue weighted by Gasteiger charge is 1.99. The van der Waals surface area contributed by atoms with Crippen molar-refractivity contribution in [1.82, 2.24) is 15.2 Å². The maximum atomic E-state index is 5.92. The van der Waals surface area contributed by atoms with Crippen LogP contribution in [0.1, 0.15) is 5.56 Å². The molecule has 0 bridgehead atoms. The molecule has 0 radical (unpaired) electrons. The highest BCUT2D eigenvalue weighted by Crippen LogP contribution is 2.17. The summed E-state index contributed by atoms with van der Waals surface area (Å²) in [4.78, 5) is 4.10. The smallest absolute Gasteiger partial charge is 0.145 e. The predicted molar refractivity (Wildman–Crippen MR) is 55.2 cm³/mol. The van der Waals surface area contributed by atoms with Crippen molar-refractivity contribution < 1.29 is 0 Å². The van der Waals surface area contributed by atoms with Crippen molar-refractivity contribution in [1.29, 1.82) is 0 Å². The summed E-state index contributed by atoms with van der Waals surface area (Å²) in [5.74, 6) is 0.690. The van der Waals surface area contributed by atoms with Gasteiger partial charge in [-0.3, -0.25) is 5.10 Å². The zero-order chi connectivity index (χ0) is 9.80. The van der Waals surface area contributed by atoms with Gasteiger partial charge >= 0.3 is 0 Å². The van der Waals surface area contributed by atoms with Gasteiger partial charge in [-0.2, -0.15) is 5.10 Å². The molecule has 0 aliphatic heterocycles. The van der Waals surface area contributed by atoms with Crippen LogP contribution >= 0.6 is 11.6 Å². The van der Waals surface area contributed by atoms with Crippen LogP contribution in [0.3, 0.4) is 0 Å². The summed E-state index contributed by atoms with van der Waals surface area (Å²) >= 11 is 5.92. The molecule has 14 heavy (non-hydrogen) atoms. The SMILES string of the molecule is Clc1cccnc1NCc1cn[nH]c1. The maximum Gasteiger partial charge on any atom is 0.145 e. The number of aromatic amines is 1. The molecule has 72 valence electrons. The van der Waals surface area contributed by atoms with Gasteiger partial charge < -0.3 is 5.32 Å². The van der Waals surface area contributed by atoms with Crippen LogP contribution in [-0.4, -0.2) is 15.2 Å². The molecule has 0 fully saturated rings. The highest BCUT2D eigenvalue weighted by atomic mass is 35.5. The maximum absolute atomic E-state index is 5.92. The van der Waals surface area contributed by atoms with Crippen molar-refractivity contribution in [3.63, 3.8) is 0 Å². The van der Waals surface area contributed by atoms with Gasteiger partial charge in [-0.1, -0.05) is 11.6 Å². The van der Waals surface area contributed by atoms with Crippen molar-refractivity contribution in [3.05, 3.63) is 41.3 Å². The molecular formula is C9H9ClN4. The van der Waals surface area contributed by atoms with E-state index in [1.807, 2.05) is 6.20 Å². The molecule has 2 N–H and O–H groups in total. The Morgan fingerprint density at radius 1 is 1.50 bits per heavy atom. The van der Waals surface area contributed by atoms with Crippen LogP contribution in [0, 0.1) is 0 Å². The molecule has 2 aromatic heterocycles. The fourth-order valence-corrected chi connectivity index (χ4v) is 1.26. The fraction of sp³-hybridized carbons (Fsp3) is 0.111. The summed E-state index contributed by atoms with van der Waals surface area (Å²) in [5, 5.41) is 10.3. The van der Waals surface area contributed by atoms with E-state index in [-0.39, 0.29) is 0 Å². The number of H-pyrrole nitrogens is 1. The molecule has 0 saturated heterocycles. The van der Waals surface area contributed by atoms with E-state index in [9.17, 15) is 0 Å². The first-order chi connectivity index (χ1) is 6.86. The Morgan fingerprint density at radius 3 is 3.14 bits per heavy atom. The van der Waals surface area contributed by atoms with Crippen molar-refractivity contribution in [2.75, 3.05) is 5.32 Å². The molecule has 5 heteroatoms. The van der Waals surface area contributed by atoms with Gasteiger partial charge in [0.15, 0.2) is 0 Å². The summed E-state index contributed by atoms with van der Waals surface area (Å²) in [6, 6.07) is 3.59. The predicted octanol–water partition coefficient (Wildman–Crippen LogP) is 2.07. The number of anilines is 1. The molecule has 2 aromatic rings. The van der Waals surface area contributed by atoms with Gasteiger partial charge in [0.1, 0.15) is 5.82 Å². The topological polar surface area (TPSA) is 53.6 Å². The van der Waals surface area contributed by atoms with Crippen LogP contribution in [0.2, 0.25) is 5.02 Å². The molecule has 0 aliphatic carbocycles. The summed E-state index contributed by atoms with van der Waals surface area (Å²) in [6.07, 6.45) is 5.28. The summed E-state index contributed by atoms with van der Waals surface area (Å²) in [5.41, 5.74) is 1.06. The standard InChI is InChI=1S/C9H9ClN4/c10-8-2-1-3-11-9(8)12-4-7-5-13-14-6-7/h1-3,5-6H,4H2,(H,11,12)(H,13,14). The number of nitrogens with zero attached hydrogens (tertiary/aromatic N) is 2. The molecule has 0 aliphatic rings. The number of hydrogen-bond acceptors (Lipinski definition) is 3. The molecular weight excluding hydrogens is 200 g/mol. The van der Waals surface area contributed by atoms with Gasteiger partial charge in [0.05, 0.1) is 11.2 Å². The van der Waals surface area contributed by atoms with E-state index in [1.54, 1.807) is 24.5 Å². The van der Waals surface area contributed by atoms with Gasteiger partial charge in [0.25, 0.3) is 0 Å². The Morgan fingerprint density at radius 2 is 2.43 bits per heavy atom. The molecule has 0 aromatic carbocycles. The van der Waals surface area contributed by atoms with Gasteiger partial charge in [-0.05, 0) is 12.1 Å². The summed E-state index contributed by atoms with van der Waals surface area (Å²) < 4.78 is 0. The number of hydrogen-bond donors (Lipinski definition) is 2. The molecule has 0 amide bonds. The lowest BCUT2D eigenvalue weighted by atomic mass is 10.3. The third-order valence-corrected chi connectivity index (χ3v) is 2.08. The Kier molecular flexibility index (Phi) is 2.65. The van der Waals surface area contributed by atoms with E-state index in [0.29, 0.717) is 17.4 Å². The van der Waals surface area contributed by atoms with Crippen molar-refractivity contribution >= 4 is 17.4 Å². The first-order valence-corrected chi connectivity index (χ1v) is 4.56. The normalized spacial score (nSPS) is 10.1. The number of rotatable bonds is 3. The van der Waals surface area contributed by atoms with Crippen molar-refractivity contribution in [3.8, 4) is 0 Å². The summed E-state index contributed by atoms with van der Waals surface area (Å²) in [6.45, 7) is 0.660. The van der Waals surface area contributed by atoms with E-state index in [4.69, 9.17) is 11.6 Å². The largest absolute Gasteiger partial charge is 0.365 e. The minimum atomic E-state index is 0.621. The third-order valence-electron chi connectivity index (χ3n) is 1.77. The highest BCUT2D eigenvalue weighted by molar-refractivity contribution is 6.32. The molecule has 0 spiro atoms. The van der Waals surface area contributed by atoms with Gasteiger partial charge in [-0.25, -0.2) is 4.98 Å². The molecule has 0 unspecified atom stereocenters. The molecule has 2 rings (SSSR count). The first-order valence-electron chi connectivity index (χ1n) is 4.18. The third kappa shape index (κ3) is 2.03. The van der Waals surface area contributed by atoms with Crippen LogP contribution in [0.15, 0.2) is 30.7 Å². The second-order valence-electron chi connectivity index (χ2n) is 2.79. The average molecular weight is 209 g/mol. The van der Waals surface area contributed by atoms with Crippen LogP contribution < -0.4 is 5.32 Å². The quantitative estimate of drug-likeness (QED) is 0.812. The number of nitrogens with one attached hydrogen (secondary N) is 2. The first kappa shape index (κ1) is 9.02.